The van der Waals surface area contributed by atoms with E-state index in [1.54, 1.807) is 0 Å². The molecule has 0 saturated heterocycles. The standard InChI is InChI=1S/C36H29N2P/c1-6-16-28(17-7-1)33-26-27-34(29-18-8-2-9-19-29)36(35(33)37-30-20-10-3-11-21-30)38(31-22-12-4-13-23-31)39-32-24-14-5-15-25-32/h1-27,37,39H. The highest BCUT2D eigenvalue weighted by Crippen LogP contribution is 2.50. The fourth-order valence-corrected chi connectivity index (χ4v) is 6.02. The number of rotatable bonds is 8. The van der Waals surface area contributed by atoms with Gasteiger partial charge in [-0.25, -0.2) is 0 Å². The first kappa shape index (κ1) is 24.7. The molecule has 0 saturated carbocycles. The van der Waals surface area contributed by atoms with Gasteiger partial charge < -0.3 is 9.99 Å². The number of para-hydroxylation sites is 2. The Hall–Kier alpha value is -4.65. The summed E-state index contributed by atoms with van der Waals surface area (Å²) in [6.45, 7) is 0. The third kappa shape index (κ3) is 5.62. The molecule has 0 aliphatic rings. The summed E-state index contributed by atoms with van der Waals surface area (Å²) >= 11 is 0. The van der Waals surface area contributed by atoms with E-state index < -0.39 is 0 Å². The van der Waals surface area contributed by atoms with Gasteiger partial charge in [0.05, 0.1) is 11.4 Å². The summed E-state index contributed by atoms with van der Waals surface area (Å²) in [4.78, 5) is 0. The van der Waals surface area contributed by atoms with Gasteiger partial charge in [0.2, 0.25) is 0 Å². The molecule has 0 fully saturated rings. The Balaban J connectivity index is 1.66. The number of hydrogen-bond donors (Lipinski definition) is 1. The maximum Gasteiger partial charge on any atom is 0.0770 e. The molecule has 0 amide bonds. The number of nitrogens with one attached hydrogen (secondary N) is 1. The predicted octanol–water partition coefficient (Wildman–Crippen LogP) is 9.82. The summed E-state index contributed by atoms with van der Waals surface area (Å²) in [5, 5.41) is 5.12. The maximum absolute atomic E-state index is 3.85. The third-order valence-corrected chi connectivity index (χ3v) is 7.94. The van der Waals surface area contributed by atoms with Crippen LogP contribution in [-0.4, -0.2) is 0 Å². The van der Waals surface area contributed by atoms with E-state index in [-0.39, 0.29) is 0 Å². The van der Waals surface area contributed by atoms with Crippen molar-refractivity contribution < 1.29 is 0 Å². The molecule has 3 heteroatoms. The summed E-state index contributed by atoms with van der Waals surface area (Å²) in [5.41, 5.74) is 9.14. The summed E-state index contributed by atoms with van der Waals surface area (Å²) in [6, 6.07) is 57.8. The lowest BCUT2D eigenvalue weighted by Crippen LogP contribution is -2.14. The van der Waals surface area contributed by atoms with Gasteiger partial charge in [0.15, 0.2) is 0 Å². The van der Waals surface area contributed by atoms with Crippen LogP contribution >= 0.6 is 8.73 Å². The van der Waals surface area contributed by atoms with Crippen LogP contribution in [0.3, 0.4) is 0 Å². The minimum absolute atomic E-state index is 0.396. The Morgan fingerprint density at radius 1 is 0.436 bits per heavy atom. The summed E-state index contributed by atoms with van der Waals surface area (Å²) in [6.07, 6.45) is 0. The molecule has 0 spiro atoms. The molecule has 0 aliphatic heterocycles. The minimum atomic E-state index is 0.396. The zero-order chi connectivity index (χ0) is 26.3. The second kappa shape index (κ2) is 11.8. The number of nitrogens with zero attached hydrogens (tertiary/aromatic N) is 1. The van der Waals surface area contributed by atoms with Crippen LogP contribution in [0, 0.1) is 0 Å². The number of hydrogen-bond acceptors (Lipinski definition) is 2. The van der Waals surface area contributed by atoms with Crippen molar-refractivity contribution in [3.8, 4) is 22.3 Å². The van der Waals surface area contributed by atoms with Gasteiger partial charge in [-0.15, -0.1) is 0 Å². The Morgan fingerprint density at radius 2 is 0.897 bits per heavy atom. The molecule has 6 aromatic rings. The Labute approximate surface area is 232 Å². The molecule has 0 radical (unpaired) electrons. The lowest BCUT2D eigenvalue weighted by molar-refractivity contribution is 1.40. The van der Waals surface area contributed by atoms with Gasteiger partial charge in [0, 0.05) is 31.2 Å². The van der Waals surface area contributed by atoms with E-state index in [2.05, 4.69) is 174 Å². The largest absolute Gasteiger partial charge is 0.353 e. The van der Waals surface area contributed by atoms with Gasteiger partial charge in [0.25, 0.3) is 0 Å². The van der Waals surface area contributed by atoms with Crippen LogP contribution in [-0.2, 0) is 0 Å². The fraction of sp³-hybridized carbons (Fsp3) is 0. The van der Waals surface area contributed by atoms with Crippen LogP contribution < -0.4 is 15.3 Å². The van der Waals surface area contributed by atoms with Crippen molar-refractivity contribution in [3.63, 3.8) is 0 Å². The molecule has 2 nitrogen and oxygen atoms in total. The van der Waals surface area contributed by atoms with Crippen molar-refractivity contribution in [1.82, 2.24) is 0 Å². The molecule has 6 aromatic carbocycles. The molecule has 1 N–H and O–H groups in total. The van der Waals surface area contributed by atoms with Crippen molar-refractivity contribution in [3.05, 3.63) is 164 Å². The van der Waals surface area contributed by atoms with Gasteiger partial charge in [0.1, 0.15) is 0 Å². The quantitative estimate of drug-likeness (QED) is 0.201. The van der Waals surface area contributed by atoms with Crippen molar-refractivity contribution in [2.24, 2.45) is 0 Å². The molecule has 0 heterocycles. The molecule has 6 rings (SSSR count). The molecular formula is C36H29N2P. The van der Waals surface area contributed by atoms with Gasteiger partial charge in [-0.2, -0.15) is 0 Å². The molecule has 39 heavy (non-hydrogen) atoms. The topological polar surface area (TPSA) is 15.3 Å². The monoisotopic (exact) mass is 520 g/mol. The Bertz CT molecular complexity index is 1620. The van der Waals surface area contributed by atoms with Crippen molar-refractivity contribution in [2.75, 3.05) is 9.99 Å². The first-order valence-electron chi connectivity index (χ1n) is 13.1. The summed E-state index contributed by atoms with van der Waals surface area (Å²) < 4.78 is 2.47. The van der Waals surface area contributed by atoms with Gasteiger partial charge in [-0.1, -0.05) is 140 Å². The molecule has 1 atom stereocenters. The Morgan fingerprint density at radius 3 is 1.49 bits per heavy atom. The maximum atomic E-state index is 3.85. The summed E-state index contributed by atoms with van der Waals surface area (Å²) in [7, 11) is 0.396. The zero-order valence-corrected chi connectivity index (χ0v) is 22.5. The molecule has 1 unspecified atom stereocenters. The second-order valence-electron chi connectivity index (χ2n) is 9.26. The van der Waals surface area contributed by atoms with Crippen LogP contribution in [0.4, 0.5) is 22.7 Å². The van der Waals surface area contributed by atoms with Crippen LogP contribution in [0.1, 0.15) is 0 Å². The molecule has 0 bridgehead atoms. The van der Waals surface area contributed by atoms with E-state index in [0.717, 1.165) is 28.3 Å². The van der Waals surface area contributed by atoms with Crippen molar-refractivity contribution >= 4 is 36.8 Å². The highest BCUT2D eigenvalue weighted by Gasteiger charge is 2.23. The average Bonchev–Trinajstić information content (AvgIpc) is 3.02. The lowest BCUT2D eigenvalue weighted by atomic mass is 9.95. The van der Waals surface area contributed by atoms with Crippen LogP contribution in [0.2, 0.25) is 0 Å². The lowest BCUT2D eigenvalue weighted by Gasteiger charge is -2.31. The molecule has 0 aliphatic carbocycles. The fourth-order valence-electron chi connectivity index (χ4n) is 4.79. The van der Waals surface area contributed by atoms with E-state index in [9.17, 15) is 0 Å². The van der Waals surface area contributed by atoms with E-state index >= 15 is 0 Å². The molecule has 188 valence electrons. The highest BCUT2D eigenvalue weighted by atomic mass is 31.1. The van der Waals surface area contributed by atoms with E-state index in [1.807, 2.05) is 0 Å². The second-order valence-corrected chi connectivity index (χ2v) is 10.5. The van der Waals surface area contributed by atoms with Crippen LogP contribution in [0.15, 0.2) is 164 Å². The summed E-state index contributed by atoms with van der Waals surface area (Å²) in [5.74, 6) is 0. The Kier molecular flexibility index (Phi) is 7.47. The van der Waals surface area contributed by atoms with Gasteiger partial charge in [-0.05, 0) is 40.7 Å². The third-order valence-electron chi connectivity index (χ3n) is 6.64. The van der Waals surface area contributed by atoms with E-state index in [0.29, 0.717) is 8.73 Å². The predicted molar refractivity (Wildman–Crippen MR) is 170 cm³/mol. The smallest absolute Gasteiger partial charge is 0.0770 e. The normalized spacial score (nSPS) is 11.0. The van der Waals surface area contributed by atoms with Gasteiger partial charge >= 0.3 is 0 Å². The SMILES string of the molecule is c1ccc(Nc2c(-c3ccccc3)ccc(-c3ccccc3)c2N(Pc2ccccc2)c2ccccc2)cc1. The zero-order valence-electron chi connectivity index (χ0n) is 21.5. The molecule has 0 aromatic heterocycles. The van der Waals surface area contributed by atoms with E-state index in [4.69, 9.17) is 0 Å². The molecular weight excluding hydrogens is 491 g/mol. The minimum Gasteiger partial charge on any atom is -0.353 e. The average molecular weight is 521 g/mol. The van der Waals surface area contributed by atoms with Gasteiger partial charge in [-0.3, -0.25) is 0 Å². The highest BCUT2D eigenvalue weighted by molar-refractivity contribution is 7.49. The first-order chi connectivity index (χ1) is 19.4. The van der Waals surface area contributed by atoms with Crippen molar-refractivity contribution in [2.45, 2.75) is 0 Å². The first-order valence-corrected chi connectivity index (χ1v) is 14.1. The van der Waals surface area contributed by atoms with Crippen LogP contribution in [0.5, 0.6) is 0 Å². The number of benzene rings is 6. The van der Waals surface area contributed by atoms with Crippen molar-refractivity contribution in [1.29, 1.82) is 0 Å². The number of anilines is 4. The van der Waals surface area contributed by atoms with E-state index in [1.165, 1.54) is 22.0 Å². The van der Waals surface area contributed by atoms with Crippen LogP contribution in [0.25, 0.3) is 22.3 Å².